The minimum Gasteiger partial charge on any atom is -0.192 e. The zero-order chi connectivity index (χ0) is 18.2. The first-order valence-electron chi connectivity index (χ1n) is 8.24. The van der Waals surface area contributed by atoms with Crippen LogP contribution in [0.15, 0.2) is 72.8 Å². The van der Waals surface area contributed by atoms with Crippen molar-refractivity contribution in [2.45, 2.75) is 0 Å². The minimum atomic E-state index is 0.658. The molecule has 0 saturated heterocycles. The molecule has 0 bridgehead atoms. The zero-order valence-electron chi connectivity index (χ0n) is 14.1. The lowest BCUT2D eigenvalue weighted by Gasteiger charge is -1.99. The molecule has 0 aliphatic heterocycles. The molecule has 2 nitrogen and oxygen atoms in total. The van der Waals surface area contributed by atoms with Crippen LogP contribution in [-0.2, 0) is 0 Å². The van der Waals surface area contributed by atoms with Crippen molar-refractivity contribution in [3.8, 4) is 12.1 Å². The molecule has 0 aliphatic carbocycles. The van der Waals surface area contributed by atoms with E-state index < -0.39 is 0 Å². The van der Waals surface area contributed by atoms with E-state index in [0.717, 1.165) is 22.3 Å². The highest BCUT2D eigenvalue weighted by Gasteiger charge is 1.96. The normalized spacial score (nSPS) is 10.7. The molecular formula is C24H16N2. The Balaban J connectivity index is 1.72. The topological polar surface area (TPSA) is 47.6 Å². The second kappa shape index (κ2) is 8.29. The van der Waals surface area contributed by atoms with Gasteiger partial charge in [-0.1, -0.05) is 78.9 Å². The Morgan fingerprint density at radius 2 is 1.23 bits per heavy atom. The van der Waals surface area contributed by atoms with Crippen molar-refractivity contribution in [2.75, 3.05) is 0 Å². The van der Waals surface area contributed by atoms with Crippen LogP contribution in [0.1, 0.15) is 33.4 Å². The summed E-state index contributed by atoms with van der Waals surface area (Å²) in [7, 11) is 0. The van der Waals surface area contributed by atoms with Gasteiger partial charge >= 0.3 is 0 Å². The molecule has 0 aliphatic rings. The fraction of sp³-hybridized carbons (Fsp3) is 0. The standard InChI is InChI=1S/C24H16N2/c25-17-22-5-3-4-21(16-22)13-12-19-8-10-20(11-9-19)14-15-23-6-1-2-7-24(23)18-26/h1-16H. The molecule has 0 fully saturated rings. The van der Waals surface area contributed by atoms with Gasteiger partial charge in [0.05, 0.1) is 23.3 Å². The quantitative estimate of drug-likeness (QED) is 0.569. The van der Waals surface area contributed by atoms with Crippen LogP contribution in [0.25, 0.3) is 24.3 Å². The Morgan fingerprint density at radius 1 is 0.577 bits per heavy atom. The Morgan fingerprint density at radius 3 is 1.92 bits per heavy atom. The largest absolute Gasteiger partial charge is 0.192 e. The van der Waals surface area contributed by atoms with Gasteiger partial charge in [0, 0.05) is 0 Å². The number of nitrogens with zero attached hydrogens (tertiary/aromatic N) is 2. The predicted octanol–water partition coefficient (Wildman–Crippen LogP) is 5.77. The maximum atomic E-state index is 9.13. The van der Waals surface area contributed by atoms with Gasteiger partial charge in [-0.15, -0.1) is 0 Å². The van der Waals surface area contributed by atoms with Gasteiger partial charge in [-0.25, -0.2) is 0 Å². The molecular weight excluding hydrogens is 316 g/mol. The van der Waals surface area contributed by atoms with Gasteiger partial charge in [0.25, 0.3) is 0 Å². The number of rotatable bonds is 4. The van der Waals surface area contributed by atoms with Gasteiger partial charge in [0.2, 0.25) is 0 Å². The first-order chi connectivity index (χ1) is 12.8. The van der Waals surface area contributed by atoms with Crippen molar-refractivity contribution in [1.29, 1.82) is 10.5 Å². The van der Waals surface area contributed by atoms with Crippen molar-refractivity contribution in [3.63, 3.8) is 0 Å². The zero-order valence-corrected chi connectivity index (χ0v) is 14.1. The van der Waals surface area contributed by atoms with E-state index in [-0.39, 0.29) is 0 Å². The van der Waals surface area contributed by atoms with Gasteiger partial charge in [-0.05, 0) is 40.5 Å². The summed E-state index contributed by atoms with van der Waals surface area (Å²) in [6.45, 7) is 0. The van der Waals surface area contributed by atoms with Gasteiger partial charge in [0.15, 0.2) is 0 Å². The first-order valence-corrected chi connectivity index (χ1v) is 8.24. The third kappa shape index (κ3) is 4.35. The molecule has 0 N–H and O–H groups in total. The molecule has 122 valence electrons. The van der Waals surface area contributed by atoms with Crippen LogP contribution in [0.4, 0.5) is 0 Å². The lowest BCUT2D eigenvalue weighted by atomic mass is 10.1. The highest BCUT2D eigenvalue weighted by Crippen LogP contribution is 2.15. The molecule has 3 rings (SSSR count). The molecule has 0 unspecified atom stereocenters. The molecule has 0 saturated carbocycles. The lowest BCUT2D eigenvalue weighted by Crippen LogP contribution is -1.80. The molecule has 2 heteroatoms. The van der Waals surface area contributed by atoms with Crippen molar-refractivity contribution in [1.82, 2.24) is 0 Å². The van der Waals surface area contributed by atoms with Crippen LogP contribution in [0.5, 0.6) is 0 Å². The fourth-order valence-corrected chi connectivity index (χ4v) is 2.55. The lowest BCUT2D eigenvalue weighted by molar-refractivity contribution is 1.47. The molecule has 0 heterocycles. The van der Waals surface area contributed by atoms with Gasteiger partial charge in [0.1, 0.15) is 0 Å². The van der Waals surface area contributed by atoms with E-state index in [1.165, 1.54) is 0 Å². The summed E-state index contributed by atoms with van der Waals surface area (Å²) >= 11 is 0. The second-order valence-corrected chi connectivity index (χ2v) is 5.77. The minimum absolute atomic E-state index is 0.658. The summed E-state index contributed by atoms with van der Waals surface area (Å²) < 4.78 is 0. The molecule has 26 heavy (non-hydrogen) atoms. The van der Waals surface area contributed by atoms with Crippen LogP contribution in [-0.4, -0.2) is 0 Å². The Hall–Kier alpha value is -3.88. The molecule has 0 atom stereocenters. The summed E-state index contributed by atoms with van der Waals surface area (Å²) in [5.41, 5.74) is 5.40. The molecule has 0 amide bonds. The Bertz CT molecular complexity index is 1040. The number of benzene rings is 3. The van der Waals surface area contributed by atoms with E-state index in [1.807, 2.05) is 91.0 Å². The molecule has 3 aromatic carbocycles. The average molecular weight is 332 g/mol. The molecule has 0 spiro atoms. The van der Waals surface area contributed by atoms with Crippen LogP contribution in [0.2, 0.25) is 0 Å². The van der Waals surface area contributed by atoms with Gasteiger partial charge < -0.3 is 0 Å². The van der Waals surface area contributed by atoms with Crippen LogP contribution in [0.3, 0.4) is 0 Å². The average Bonchev–Trinajstić information content (AvgIpc) is 2.72. The number of hydrogen-bond acceptors (Lipinski definition) is 2. The van der Waals surface area contributed by atoms with Crippen molar-refractivity contribution in [2.24, 2.45) is 0 Å². The van der Waals surface area contributed by atoms with E-state index in [1.54, 1.807) is 6.07 Å². The monoisotopic (exact) mass is 332 g/mol. The number of hydrogen-bond donors (Lipinski definition) is 0. The van der Waals surface area contributed by atoms with E-state index in [4.69, 9.17) is 10.5 Å². The van der Waals surface area contributed by atoms with Crippen LogP contribution in [0, 0.1) is 22.7 Å². The maximum Gasteiger partial charge on any atom is 0.0997 e. The van der Waals surface area contributed by atoms with E-state index >= 15 is 0 Å². The van der Waals surface area contributed by atoms with E-state index in [2.05, 4.69) is 12.1 Å². The third-order valence-electron chi connectivity index (χ3n) is 3.96. The summed E-state index contributed by atoms with van der Waals surface area (Å²) in [5.74, 6) is 0. The smallest absolute Gasteiger partial charge is 0.0997 e. The molecule has 0 aromatic heterocycles. The summed E-state index contributed by atoms with van der Waals surface area (Å²) in [6, 6.07) is 27.6. The van der Waals surface area contributed by atoms with Crippen LogP contribution >= 0.6 is 0 Å². The second-order valence-electron chi connectivity index (χ2n) is 5.77. The Labute approximate surface area is 153 Å². The Kier molecular flexibility index (Phi) is 5.41. The summed E-state index contributed by atoms with van der Waals surface area (Å²) in [4.78, 5) is 0. The highest BCUT2D eigenvalue weighted by atomic mass is 14.2. The van der Waals surface area contributed by atoms with Gasteiger partial charge in [-0.2, -0.15) is 10.5 Å². The van der Waals surface area contributed by atoms with Crippen LogP contribution < -0.4 is 0 Å². The van der Waals surface area contributed by atoms with Crippen molar-refractivity contribution in [3.05, 3.63) is 106 Å². The first kappa shape index (κ1) is 17.0. The van der Waals surface area contributed by atoms with Gasteiger partial charge in [-0.3, -0.25) is 0 Å². The van der Waals surface area contributed by atoms with E-state index in [9.17, 15) is 0 Å². The summed E-state index contributed by atoms with van der Waals surface area (Å²) in [6.07, 6.45) is 7.97. The summed E-state index contributed by atoms with van der Waals surface area (Å²) in [5, 5.41) is 18.1. The predicted molar refractivity (Wildman–Crippen MR) is 107 cm³/mol. The maximum absolute atomic E-state index is 9.13. The number of nitriles is 2. The third-order valence-corrected chi connectivity index (χ3v) is 3.96. The molecule has 3 aromatic rings. The van der Waals surface area contributed by atoms with Crippen molar-refractivity contribution >= 4 is 24.3 Å². The van der Waals surface area contributed by atoms with E-state index in [0.29, 0.717) is 11.1 Å². The molecule has 0 radical (unpaired) electrons. The van der Waals surface area contributed by atoms with Crippen molar-refractivity contribution < 1.29 is 0 Å². The fourth-order valence-electron chi connectivity index (χ4n) is 2.55. The highest BCUT2D eigenvalue weighted by molar-refractivity contribution is 5.74. The SMILES string of the molecule is N#Cc1cccc(C=Cc2ccc(C=Cc3ccccc3C#N)cc2)c1.